The van der Waals surface area contributed by atoms with Crippen molar-refractivity contribution in [3.63, 3.8) is 0 Å². The number of imidazole rings is 1. The van der Waals surface area contributed by atoms with E-state index in [-0.39, 0.29) is 12.0 Å². The van der Waals surface area contributed by atoms with Crippen LogP contribution < -0.4 is 10.1 Å². The highest BCUT2D eigenvalue weighted by Crippen LogP contribution is 2.24. The van der Waals surface area contributed by atoms with Gasteiger partial charge in [0.1, 0.15) is 18.2 Å². The van der Waals surface area contributed by atoms with E-state index >= 15 is 0 Å². The van der Waals surface area contributed by atoms with E-state index in [1.54, 1.807) is 14.0 Å². The quantitative estimate of drug-likeness (QED) is 0.855. The molecular weight excluding hydrogens is 356 g/mol. The number of amides is 1. The predicted molar refractivity (Wildman–Crippen MR) is 106 cm³/mol. The average Bonchev–Trinajstić information content (AvgIpc) is 3.16. The van der Waals surface area contributed by atoms with Crippen LogP contribution in [0.3, 0.4) is 0 Å². The number of nitrogens with zero attached hydrogens (tertiary/aromatic N) is 3. The first-order chi connectivity index (χ1) is 13.6. The molecule has 1 atom stereocenters. The minimum Gasteiger partial charge on any atom is -0.497 e. The normalized spacial score (nSPS) is 20.1. The highest BCUT2D eigenvalue weighted by molar-refractivity contribution is 5.73. The lowest BCUT2D eigenvalue weighted by Crippen LogP contribution is -2.47. The third-order valence-corrected chi connectivity index (χ3v) is 5.67. The summed E-state index contributed by atoms with van der Waals surface area (Å²) in [6, 6.07) is 8.42. The molecule has 4 rings (SSSR count). The van der Waals surface area contributed by atoms with Gasteiger partial charge in [-0.05, 0) is 37.1 Å². The summed E-state index contributed by atoms with van der Waals surface area (Å²) in [6.45, 7) is 5.49. The summed E-state index contributed by atoms with van der Waals surface area (Å²) in [7, 11) is 1.67. The summed E-state index contributed by atoms with van der Waals surface area (Å²) < 4.78 is 13.4. The van der Waals surface area contributed by atoms with Crippen molar-refractivity contribution in [1.29, 1.82) is 0 Å². The van der Waals surface area contributed by atoms with Gasteiger partial charge in [-0.1, -0.05) is 0 Å². The number of fused-ring (bicyclic) bond motifs is 1. The summed E-state index contributed by atoms with van der Waals surface area (Å²) in [6.07, 6.45) is 4.25. The number of rotatable bonds is 5. The second kappa shape index (κ2) is 8.32. The number of benzene rings is 1. The monoisotopic (exact) mass is 384 g/mol. The Morgan fingerprint density at radius 1 is 1.29 bits per heavy atom. The molecule has 1 aromatic carbocycles. The molecule has 0 spiro atoms. The molecule has 1 N–H and O–H groups in total. The summed E-state index contributed by atoms with van der Waals surface area (Å²) in [5, 5.41) is 3.62. The molecule has 7 heteroatoms. The summed E-state index contributed by atoms with van der Waals surface area (Å²) >= 11 is 0. The SMILES string of the molecule is COc1ccc(-c2cn3c(n2)CO[C@@H](CNC2CCN(C(C)=O)CC2)C3)cc1. The zero-order chi connectivity index (χ0) is 19.5. The summed E-state index contributed by atoms with van der Waals surface area (Å²) in [4.78, 5) is 18.1. The van der Waals surface area contributed by atoms with Crippen molar-refractivity contribution in [2.75, 3.05) is 26.7 Å². The number of likely N-dealkylation sites (tertiary alicyclic amines) is 1. The first kappa shape index (κ1) is 19.0. The van der Waals surface area contributed by atoms with E-state index in [0.29, 0.717) is 12.6 Å². The topological polar surface area (TPSA) is 68.6 Å². The van der Waals surface area contributed by atoms with Crippen LogP contribution in [0, 0.1) is 0 Å². The van der Waals surface area contributed by atoms with E-state index in [0.717, 1.165) is 61.9 Å². The van der Waals surface area contributed by atoms with Crippen LogP contribution in [0.25, 0.3) is 11.3 Å². The van der Waals surface area contributed by atoms with Crippen LogP contribution in [0.5, 0.6) is 5.75 Å². The maximum absolute atomic E-state index is 11.4. The number of carbonyl (C=O) groups excluding carboxylic acids is 1. The molecular formula is C21H28N4O3. The minimum atomic E-state index is 0.135. The van der Waals surface area contributed by atoms with E-state index in [9.17, 15) is 4.79 Å². The molecule has 2 aromatic rings. The molecule has 1 amide bonds. The Hall–Kier alpha value is -2.38. The Bertz CT molecular complexity index is 810. The minimum absolute atomic E-state index is 0.135. The molecule has 3 heterocycles. The number of methoxy groups -OCH3 is 1. The van der Waals surface area contributed by atoms with Crippen LogP contribution in [0.4, 0.5) is 0 Å². The second-order valence-electron chi connectivity index (χ2n) is 7.54. The largest absolute Gasteiger partial charge is 0.497 e. The Kier molecular flexibility index (Phi) is 5.64. The number of nitrogens with one attached hydrogen (secondary N) is 1. The van der Waals surface area contributed by atoms with Crippen molar-refractivity contribution in [2.45, 2.75) is 45.1 Å². The van der Waals surface area contributed by atoms with Crippen LogP contribution in [0.2, 0.25) is 0 Å². The van der Waals surface area contributed by atoms with Crippen molar-refractivity contribution < 1.29 is 14.3 Å². The van der Waals surface area contributed by atoms with Gasteiger partial charge in [0.05, 0.1) is 25.5 Å². The summed E-state index contributed by atoms with van der Waals surface area (Å²) in [5.74, 6) is 1.99. The van der Waals surface area contributed by atoms with Gasteiger partial charge in [0.25, 0.3) is 0 Å². The predicted octanol–water partition coefficient (Wildman–Crippen LogP) is 2.06. The van der Waals surface area contributed by atoms with E-state index in [1.165, 1.54) is 0 Å². The Morgan fingerprint density at radius 3 is 2.71 bits per heavy atom. The number of carbonyl (C=O) groups is 1. The van der Waals surface area contributed by atoms with Gasteiger partial charge in [0.2, 0.25) is 5.91 Å². The van der Waals surface area contributed by atoms with Gasteiger partial charge in [-0.2, -0.15) is 0 Å². The van der Waals surface area contributed by atoms with Gasteiger partial charge < -0.3 is 24.3 Å². The van der Waals surface area contributed by atoms with E-state index < -0.39 is 0 Å². The molecule has 7 nitrogen and oxygen atoms in total. The molecule has 150 valence electrons. The fourth-order valence-corrected chi connectivity index (χ4v) is 3.91. The number of piperidine rings is 1. The average molecular weight is 384 g/mol. The maximum Gasteiger partial charge on any atom is 0.219 e. The van der Waals surface area contributed by atoms with Crippen molar-refractivity contribution in [3.05, 3.63) is 36.3 Å². The number of hydrogen-bond donors (Lipinski definition) is 1. The van der Waals surface area contributed by atoms with E-state index in [1.807, 2.05) is 29.2 Å². The second-order valence-corrected chi connectivity index (χ2v) is 7.54. The molecule has 0 radical (unpaired) electrons. The van der Waals surface area contributed by atoms with Crippen molar-refractivity contribution in [1.82, 2.24) is 19.8 Å². The first-order valence-corrected chi connectivity index (χ1v) is 9.93. The Labute approximate surface area is 165 Å². The number of ether oxygens (including phenoxy) is 2. The van der Waals surface area contributed by atoms with Crippen LogP contribution in [-0.4, -0.2) is 59.2 Å². The smallest absolute Gasteiger partial charge is 0.219 e. The Balaban J connectivity index is 1.31. The first-order valence-electron chi connectivity index (χ1n) is 9.93. The fourth-order valence-electron chi connectivity index (χ4n) is 3.91. The highest BCUT2D eigenvalue weighted by atomic mass is 16.5. The van der Waals surface area contributed by atoms with Crippen LogP contribution in [0.1, 0.15) is 25.6 Å². The van der Waals surface area contributed by atoms with Crippen LogP contribution in [-0.2, 0) is 22.7 Å². The van der Waals surface area contributed by atoms with E-state index in [2.05, 4.69) is 16.1 Å². The van der Waals surface area contributed by atoms with Gasteiger partial charge in [-0.3, -0.25) is 4.79 Å². The molecule has 28 heavy (non-hydrogen) atoms. The molecule has 0 unspecified atom stereocenters. The van der Waals surface area contributed by atoms with Crippen molar-refractivity contribution in [2.24, 2.45) is 0 Å². The molecule has 2 aliphatic rings. The maximum atomic E-state index is 11.4. The third-order valence-electron chi connectivity index (χ3n) is 5.67. The lowest BCUT2D eigenvalue weighted by atomic mass is 10.0. The summed E-state index contributed by atoms with van der Waals surface area (Å²) in [5.41, 5.74) is 2.04. The standard InChI is InChI=1S/C21H28N4O3/c1-15(26)24-9-7-17(8-10-24)22-11-19-12-25-13-20(23-21(25)14-28-19)16-3-5-18(27-2)6-4-16/h3-6,13,17,19,22H,7-12,14H2,1-2H3/t19-/m0/s1. The van der Waals surface area contributed by atoms with Crippen LogP contribution in [0.15, 0.2) is 30.5 Å². The van der Waals surface area contributed by atoms with Gasteiger partial charge in [-0.25, -0.2) is 4.98 Å². The third kappa shape index (κ3) is 4.20. The van der Waals surface area contributed by atoms with Crippen LogP contribution >= 0.6 is 0 Å². The molecule has 0 bridgehead atoms. The van der Waals surface area contributed by atoms with Crippen molar-refractivity contribution >= 4 is 5.91 Å². The lowest BCUT2D eigenvalue weighted by molar-refractivity contribution is -0.129. The van der Waals surface area contributed by atoms with Crippen molar-refractivity contribution in [3.8, 4) is 17.0 Å². The molecule has 1 aromatic heterocycles. The fraction of sp³-hybridized carbons (Fsp3) is 0.524. The number of aromatic nitrogens is 2. The zero-order valence-corrected chi connectivity index (χ0v) is 16.6. The van der Waals surface area contributed by atoms with E-state index in [4.69, 9.17) is 14.5 Å². The molecule has 2 aliphatic heterocycles. The highest BCUT2D eigenvalue weighted by Gasteiger charge is 2.24. The molecule has 0 saturated carbocycles. The van der Waals surface area contributed by atoms with Gasteiger partial charge in [0, 0.05) is 44.4 Å². The Morgan fingerprint density at radius 2 is 2.04 bits per heavy atom. The molecule has 0 aliphatic carbocycles. The van der Waals surface area contributed by atoms with Gasteiger partial charge >= 0.3 is 0 Å². The lowest BCUT2D eigenvalue weighted by Gasteiger charge is -2.33. The van der Waals surface area contributed by atoms with Gasteiger partial charge in [0.15, 0.2) is 0 Å². The van der Waals surface area contributed by atoms with Gasteiger partial charge in [-0.15, -0.1) is 0 Å². The zero-order valence-electron chi connectivity index (χ0n) is 16.6. The molecule has 1 fully saturated rings. The number of hydrogen-bond acceptors (Lipinski definition) is 5. The molecule has 1 saturated heterocycles.